The number of aromatic nitrogens is 2. The van der Waals surface area contributed by atoms with Crippen LogP contribution in [0.25, 0.3) is 27.9 Å². The van der Waals surface area contributed by atoms with Gasteiger partial charge in [0.2, 0.25) is 0 Å². The van der Waals surface area contributed by atoms with E-state index in [2.05, 4.69) is 15.6 Å². The molecule has 5 aromatic rings. The predicted octanol–water partition coefficient (Wildman–Crippen LogP) is 4.79. The smallest absolute Gasteiger partial charge is 0.345 e. The number of hydrogen-bond donors (Lipinski definition) is 2. The average Bonchev–Trinajstić information content (AvgIpc) is 3.28. The van der Waals surface area contributed by atoms with Crippen molar-refractivity contribution < 1.29 is 14.3 Å². The van der Waals surface area contributed by atoms with Gasteiger partial charge >= 0.3 is 11.6 Å². The molecule has 0 fully saturated rings. The molecule has 0 amide bonds. The van der Waals surface area contributed by atoms with Gasteiger partial charge in [-0.25, -0.2) is 14.3 Å². The van der Waals surface area contributed by atoms with Gasteiger partial charge in [0.05, 0.1) is 28.7 Å². The molecule has 8 heteroatoms. The third-order valence-electron chi connectivity index (χ3n) is 5.17. The Bertz CT molecular complexity index is 1590. The minimum Gasteiger partial charge on any atom is -0.478 e. The summed E-state index contributed by atoms with van der Waals surface area (Å²) < 4.78 is 7.17. The third-order valence-corrected chi connectivity index (χ3v) is 5.17. The highest BCUT2D eigenvalue weighted by Crippen LogP contribution is 2.24. The Balaban J connectivity index is 1.56. The summed E-state index contributed by atoms with van der Waals surface area (Å²) in [6.07, 6.45) is 3.29. The Morgan fingerprint density at radius 1 is 1.00 bits per heavy atom. The predicted molar refractivity (Wildman–Crippen MR) is 130 cm³/mol. The molecule has 0 aliphatic heterocycles. The first-order valence-corrected chi connectivity index (χ1v) is 10.4. The van der Waals surface area contributed by atoms with E-state index in [0.29, 0.717) is 28.1 Å². The summed E-state index contributed by atoms with van der Waals surface area (Å²) in [4.78, 5) is 24.0. The SMILES string of the molecule is O=C(O)c1cccc(N/N=C\c2cn(-c3ccccc3)nc2-c2cc3ccccc3oc2=O)c1. The Morgan fingerprint density at radius 2 is 1.79 bits per heavy atom. The van der Waals surface area contributed by atoms with Crippen molar-refractivity contribution in [3.8, 4) is 16.9 Å². The molecule has 3 aromatic carbocycles. The highest BCUT2D eigenvalue weighted by atomic mass is 16.4. The second-order valence-corrected chi connectivity index (χ2v) is 7.45. The Morgan fingerprint density at radius 3 is 2.62 bits per heavy atom. The lowest BCUT2D eigenvalue weighted by atomic mass is 10.1. The minimum atomic E-state index is -1.03. The number of hydrogen-bond acceptors (Lipinski definition) is 6. The first kappa shape index (κ1) is 20.9. The fourth-order valence-electron chi connectivity index (χ4n) is 3.53. The molecule has 2 aromatic heterocycles. The van der Waals surface area contributed by atoms with Crippen LogP contribution in [0.2, 0.25) is 0 Å². The number of carboxylic acids is 1. The molecular weight excluding hydrogens is 432 g/mol. The van der Waals surface area contributed by atoms with E-state index in [1.807, 2.05) is 42.5 Å². The van der Waals surface area contributed by atoms with Gasteiger partial charge in [-0.3, -0.25) is 5.43 Å². The molecule has 0 aliphatic rings. The first-order valence-electron chi connectivity index (χ1n) is 10.4. The zero-order valence-electron chi connectivity index (χ0n) is 17.8. The van der Waals surface area contributed by atoms with Crippen LogP contribution >= 0.6 is 0 Å². The molecule has 0 saturated carbocycles. The molecule has 2 heterocycles. The van der Waals surface area contributed by atoms with E-state index < -0.39 is 11.6 Å². The lowest BCUT2D eigenvalue weighted by Crippen LogP contribution is -2.05. The van der Waals surface area contributed by atoms with Crippen LogP contribution in [0.15, 0.2) is 105 Å². The Kier molecular flexibility index (Phi) is 5.45. The van der Waals surface area contributed by atoms with Gasteiger partial charge in [0.1, 0.15) is 11.3 Å². The summed E-state index contributed by atoms with van der Waals surface area (Å²) in [5.74, 6) is -1.03. The van der Waals surface area contributed by atoms with Crippen LogP contribution in [-0.4, -0.2) is 27.1 Å². The fraction of sp³-hybridized carbons (Fsp3) is 0. The standard InChI is InChI=1S/C26H18N4O4/c31-25(32)18-8-6-9-20(13-18)28-27-15-19-16-30(21-10-2-1-3-11-21)29-24(19)22-14-17-7-4-5-12-23(17)34-26(22)33/h1-16,28H,(H,31,32)/b27-15-. The van der Waals surface area contributed by atoms with Gasteiger partial charge in [-0.05, 0) is 42.5 Å². The molecule has 0 bridgehead atoms. The molecule has 166 valence electrons. The maximum absolute atomic E-state index is 12.8. The van der Waals surface area contributed by atoms with Gasteiger partial charge in [-0.15, -0.1) is 0 Å². The van der Waals surface area contributed by atoms with E-state index in [1.54, 1.807) is 41.2 Å². The molecule has 34 heavy (non-hydrogen) atoms. The van der Waals surface area contributed by atoms with Crippen LogP contribution in [0.1, 0.15) is 15.9 Å². The second-order valence-electron chi connectivity index (χ2n) is 7.45. The van der Waals surface area contributed by atoms with E-state index in [4.69, 9.17) is 4.42 Å². The van der Waals surface area contributed by atoms with Crippen molar-refractivity contribution in [2.24, 2.45) is 5.10 Å². The summed E-state index contributed by atoms with van der Waals surface area (Å²) in [6, 6.07) is 24.8. The van der Waals surface area contributed by atoms with Gasteiger partial charge in [0, 0.05) is 17.1 Å². The zero-order chi connectivity index (χ0) is 23.5. The number of aromatic carboxylic acids is 1. The molecule has 0 radical (unpaired) electrons. The molecule has 2 N–H and O–H groups in total. The van der Waals surface area contributed by atoms with E-state index in [-0.39, 0.29) is 5.56 Å². The van der Waals surface area contributed by atoms with Gasteiger partial charge < -0.3 is 9.52 Å². The van der Waals surface area contributed by atoms with Crippen molar-refractivity contribution in [2.45, 2.75) is 0 Å². The highest BCUT2D eigenvalue weighted by molar-refractivity contribution is 5.91. The van der Waals surface area contributed by atoms with Crippen LogP contribution in [0.4, 0.5) is 5.69 Å². The normalized spacial score (nSPS) is 11.2. The number of nitrogens with one attached hydrogen (secondary N) is 1. The van der Waals surface area contributed by atoms with Crippen molar-refractivity contribution in [2.75, 3.05) is 5.43 Å². The highest BCUT2D eigenvalue weighted by Gasteiger charge is 2.16. The number of hydrazone groups is 1. The van der Waals surface area contributed by atoms with Gasteiger partial charge in [0.15, 0.2) is 0 Å². The number of para-hydroxylation sites is 2. The van der Waals surface area contributed by atoms with E-state index in [1.165, 1.54) is 18.3 Å². The number of anilines is 1. The molecule has 0 aliphatic carbocycles. The minimum absolute atomic E-state index is 0.145. The van der Waals surface area contributed by atoms with Crippen LogP contribution in [0, 0.1) is 0 Å². The summed E-state index contributed by atoms with van der Waals surface area (Å²) in [7, 11) is 0. The Labute approximate surface area is 193 Å². The second kappa shape index (κ2) is 8.87. The summed E-state index contributed by atoms with van der Waals surface area (Å²) in [6.45, 7) is 0. The Hall–Kier alpha value is -4.98. The molecule has 0 atom stereocenters. The van der Waals surface area contributed by atoms with Crippen LogP contribution in [0.5, 0.6) is 0 Å². The van der Waals surface area contributed by atoms with Crippen molar-refractivity contribution in [3.05, 3.63) is 113 Å². The number of benzene rings is 3. The van der Waals surface area contributed by atoms with Crippen molar-refractivity contribution in [1.29, 1.82) is 0 Å². The summed E-state index contributed by atoms with van der Waals surface area (Å²) >= 11 is 0. The molecule has 8 nitrogen and oxygen atoms in total. The number of fused-ring (bicyclic) bond motifs is 1. The summed E-state index contributed by atoms with van der Waals surface area (Å²) in [5.41, 5.74) is 5.58. The zero-order valence-corrected chi connectivity index (χ0v) is 17.8. The number of nitrogens with zero attached hydrogens (tertiary/aromatic N) is 3. The number of rotatable bonds is 6. The number of carbonyl (C=O) groups is 1. The third kappa shape index (κ3) is 4.20. The van der Waals surface area contributed by atoms with Gasteiger partial charge in [-0.1, -0.05) is 42.5 Å². The molecule has 5 rings (SSSR count). The van der Waals surface area contributed by atoms with Gasteiger partial charge in [-0.2, -0.15) is 10.2 Å². The topological polar surface area (TPSA) is 110 Å². The molecular formula is C26H18N4O4. The van der Waals surface area contributed by atoms with Crippen molar-refractivity contribution in [3.63, 3.8) is 0 Å². The average molecular weight is 450 g/mol. The monoisotopic (exact) mass is 450 g/mol. The largest absolute Gasteiger partial charge is 0.478 e. The van der Waals surface area contributed by atoms with Crippen LogP contribution < -0.4 is 11.1 Å². The quantitative estimate of drug-likeness (QED) is 0.219. The van der Waals surface area contributed by atoms with Gasteiger partial charge in [0.25, 0.3) is 0 Å². The number of carboxylic acid groups (broad SMARTS) is 1. The van der Waals surface area contributed by atoms with Crippen molar-refractivity contribution >= 4 is 28.8 Å². The molecule has 0 saturated heterocycles. The maximum atomic E-state index is 12.8. The lowest BCUT2D eigenvalue weighted by molar-refractivity contribution is 0.0697. The molecule has 0 unspecified atom stereocenters. The molecule has 0 spiro atoms. The van der Waals surface area contributed by atoms with E-state index >= 15 is 0 Å². The summed E-state index contributed by atoms with van der Waals surface area (Å²) in [5, 5.41) is 18.8. The van der Waals surface area contributed by atoms with E-state index in [0.717, 1.165) is 11.1 Å². The van der Waals surface area contributed by atoms with Crippen molar-refractivity contribution in [1.82, 2.24) is 9.78 Å². The first-order chi connectivity index (χ1) is 16.6. The lowest BCUT2D eigenvalue weighted by Gasteiger charge is -2.02. The fourth-order valence-corrected chi connectivity index (χ4v) is 3.53. The van der Waals surface area contributed by atoms with Crippen LogP contribution in [0.3, 0.4) is 0 Å². The van der Waals surface area contributed by atoms with E-state index in [9.17, 15) is 14.7 Å². The maximum Gasteiger partial charge on any atom is 0.345 e. The van der Waals surface area contributed by atoms with Crippen LogP contribution in [-0.2, 0) is 0 Å².